The molecule has 1 atom stereocenters. The zero-order chi connectivity index (χ0) is 18.6. The number of anilines is 1. The standard InChI is InChI=1S/C18H20BrN3O3/c1-11-17(12(2)22(4)21-11)20-18(24)13(3)25-16(23)10-9-14-7-5-6-8-15(14)19/h5-10,13H,1-4H3,(H,20,24)/b10-9+/t13-/m1/s1. The molecule has 132 valence electrons. The Morgan fingerprint density at radius 1 is 1.32 bits per heavy atom. The van der Waals surface area contributed by atoms with Crippen molar-refractivity contribution in [1.29, 1.82) is 0 Å². The number of carbonyl (C=O) groups is 2. The van der Waals surface area contributed by atoms with Gasteiger partial charge in [0.05, 0.1) is 17.1 Å². The van der Waals surface area contributed by atoms with Crippen molar-refractivity contribution in [1.82, 2.24) is 9.78 Å². The number of halogens is 1. The van der Waals surface area contributed by atoms with Crippen molar-refractivity contribution in [3.63, 3.8) is 0 Å². The summed E-state index contributed by atoms with van der Waals surface area (Å²) >= 11 is 3.40. The van der Waals surface area contributed by atoms with Crippen LogP contribution in [0.15, 0.2) is 34.8 Å². The van der Waals surface area contributed by atoms with Gasteiger partial charge in [0.15, 0.2) is 6.10 Å². The summed E-state index contributed by atoms with van der Waals surface area (Å²) < 4.78 is 7.70. The zero-order valence-electron chi connectivity index (χ0n) is 14.5. The third-order valence-corrected chi connectivity index (χ3v) is 4.45. The third kappa shape index (κ3) is 4.79. The maximum Gasteiger partial charge on any atom is 0.331 e. The lowest BCUT2D eigenvalue weighted by Crippen LogP contribution is -2.29. The molecule has 1 amide bonds. The molecular formula is C18H20BrN3O3. The van der Waals surface area contributed by atoms with Crippen LogP contribution in [0.25, 0.3) is 6.08 Å². The van der Waals surface area contributed by atoms with Crippen LogP contribution in [0.5, 0.6) is 0 Å². The van der Waals surface area contributed by atoms with Crippen LogP contribution in [-0.4, -0.2) is 27.8 Å². The Kier molecular flexibility index (Phi) is 6.14. The van der Waals surface area contributed by atoms with E-state index in [1.165, 1.54) is 13.0 Å². The van der Waals surface area contributed by atoms with Gasteiger partial charge in [0, 0.05) is 17.6 Å². The number of benzene rings is 1. The molecule has 25 heavy (non-hydrogen) atoms. The Hall–Kier alpha value is -2.41. The Balaban J connectivity index is 1.96. The minimum Gasteiger partial charge on any atom is -0.449 e. The molecule has 0 radical (unpaired) electrons. The highest BCUT2D eigenvalue weighted by atomic mass is 79.9. The highest BCUT2D eigenvalue weighted by molar-refractivity contribution is 9.10. The topological polar surface area (TPSA) is 73.2 Å². The number of rotatable bonds is 5. The van der Waals surface area contributed by atoms with Gasteiger partial charge in [0.2, 0.25) is 0 Å². The highest BCUT2D eigenvalue weighted by Gasteiger charge is 2.20. The Morgan fingerprint density at radius 2 is 2.00 bits per heavy atom. The number of nitrogens with zero attached hydrogens (tertiary/aromatic N) is 2. The molecule has 1 aromatic carbocycles. The summed E-state index contributed by atoms with van der Waals surface area (Å²) in [6, 6.07) is 7.48. The first-order chi connectivity index (χ1) is 11.8. The van der Waals surface area contributed by atoms with Crippen molar-refractivity contribution in [2.45, 2.75) is 26.9 Å². The van der Waals surface area contributed by atoms with Gasteiger partial charge in [-0.25, -0.2) is 4.79 Å². The molecule has 0 aliphatic heterocycles. The number of aryl methyl sites for hydroxylation is 2. The summed E-state index contributed by atoms with van der Waals surface area (Å²) in [7, 11) is 1.80. The number of ether oxygens (including phenoxy) is 1. The van der Waals surface area contributed by atoms with Crippen LogP contribution in [0.2, 0.25) is 0 Å². The second-order valence-corrected chi connectivity index (χ2v) is 6.45. The van der Waals surface area contributed by atoms with E-state index in [9.17, 15) is 9.59 Å². The monoisotopic (exact) mass is 405 g/mol. The molecule has 1 aromatic heterocycles. The molecule has 0 saturated carbocycles. The van der Waals surface area contributed by atoms with E-state index in [0.29, 0.717) is 11.4 Å². The van der Waals surface area contributed by atoms with Crippen LogP contribution < -0.4 is 5.32 Å². The predicted molar refractivity (Wildman–Crippen MR) is 100 cm³/mol. The van der Waals surface area contributed by atoms with Gasteiger partial charge in [-0.15, -0.1) is 0 Å². The summed E-state index contributed by atoms with van der Waals surface area (Å²) in [6.45, 7) is 5.19. The van der Waals surface area contributed by atoms with E-state index in [-0.39, 0.29) is 0 Å². The van der Waals surface area contributed by atoms with Crippen molar-refractivity contribution in [2.24, 2.45) is 7.05 Å². The number of amides is 1. The van der Waals surface area contributed by atoms with Gasteiger partial charge < -0.3 is 10.1 Å². The average Bonchev–Trinajstić information content (AvgIpc) is 2.80. The second kappa shape index (κ2) is 8.11. The molecule has 7 heteroatoms. The van der Waals surface area contributed by atoms with E-state index in [0.717, 1.165) is 15.7 Å². The number of hydrogen-bond donors (Lipinski definition) is 1. The molecule has 2 rings (SSSR count). The van der Waals surface area contributed by atoms with Crippen molar-refractivity contribution >= 4 is 39.6 Å². The molecular weight excluding hydrogens is 386 g/mol. The summed E-state index contributed by atoms with van der Waals surface area (Å²) in [5.74, 6) is -0.986. The number of carbonyl (C=O) groups excluding carboxylic acids is 2. The highest BCUT2D eigenvalue weighted by Crippen LogP contribution is 2.19. The molecule has 1 heterocycles. The van der Waals surface area contributed by atoms with Gasteiger partial charge in [0.25, 0.3) is 5.91 Å². The van der Waals surface area contributed by atoms with E-state index >= 15 is 0 Å². The molecule has 0 saturated heterocycles. The lowest BCUT2D eigenvalue weighted by Gasteiger charge is -2.12. The van der Waals surface area contributed by atoms with E-state index < -0.39 is 18.0 Å². The van der Waals surface area contributed by atoms with E-state index in [1.54, 1.807) is 24.7 Å². The molecule has 2 aromatic rings. The lowest BCUT2D eigenvalue weighted by molar-refractivity contribution is -0.148. The summed E-state index contributed by atoms with van der Waals surface area (Å²) in [5.41, 5.74) is 3.02. The maximum absolute atomic E-state index is 12.2. The molecule has 0 unspecified atom stereocenters. The van der Waals surface area contributed by atoms with Gasteiger partial charge in [-0.1, -0.05) is 34.1 Å². The number of aromatic nitrogens is 2. The third-order valence-electron chi connectivity index (χ3n) is 3.72. The minimum atomic E-state index is -0.921. The van der Waals surface area contributed by atoms with Crippen LogP contribution in [0.1, 0.15) is 23.9 Å². The van der Waals surface area contributed by atoms with Gasteiger partial charge in [-0.3, -0.25) is 9.48 Å². The lowest BCUT2D eigenvalue weighted by atomic mass is 10.2. The second-order valence-electron chi connectivity index (χ2n) is 5.59. The number of esters is 1. The van der Waals surface area contributed by atoms with Crippen LogP contribution in [0.3, 0.4) is 0 Å². The molecule has 1 N–H and O–H groups in total. The SMILES string of the molecule is Cc1nn(C)c(C)c1NC(=O)[C@@H](C)OC(=O)/C=C/c1ccccc1Br. The normalized spacial score (nSPS) is 12.2. The van der Waals surface area contributed by atoms with Gasteiger partial charge in [0.1, 0.15) is 0 Å². The van der Waals surface area contributed by atoms with E-state index in [1.807, 2.05) is 31.2 Å². The van der Waals surface area contributed by atoms with Crippen molar-refractivity contribution < 1.29 is 14.3 Å². The van der Waals surface area contributed by atoms with Crippen molar-refractivity contribution in [2.75, 3.05) is 5.32 Å². The van der Waals surface area contributed by atoms with Crippen LogP contribution in [0.4, 0.5) is 5.69 Å². The Labute approximate surface area is 155 Å². The summed E-state index contributed by atoms with van der Waals surface area (Å²) in [6.07, 6.45) is 2.01. The van der Waals surface area contributed by atoms with Crippen LogP contribution >= 0.6 is 15.9 Å². The molecule has 0 fully saturated rings. The first-order valence-corrected chi connectivity index (χ1v) is 8.53. The van der Waals surface area contributed by atoms with Gasteiger partial charge in [-0.2, -0.15) is 5.10 Å². The minimum absolute atomic E-state index is 0.401. The fraction of sp³-hybridized carbons (Fsp3) is 0.278. The first-order valence-electron chi connectivity index (χ1n) is 7.74. The quantitative estimate of drug-likeness (QED) is 0.611. The summed E-state index contributed by atoms with van der Waals surface area (Å²) in [5, 5.41) is 6.99. The maximum atomic E-state index is 12.2. The molecule has 0 aliphatic carbocycles. The molecule has 0 spiro atoms. The Morgan fingerprint density at radius 3 is 2.60 bits per heavy atom. The molecule has 0 bridgehead atoms. The zero-order valence-corrected chi connectivity index (χ0v) is 16.1. The Bertz CT molecular complexity index is 827. The largest absolute Gasteiger partial charge is 0.449 e. The number of nitrogens with one attached hydrogen (secondary N) is 1. The first kappa shape index (κ1) is 18.9. The smallest absolute Gasteiger partial charge is 0.331 e. The summed E-state index contributed by atoms with van der Waals surface area (Å²) in [4.78, 5) is 24.1. The number of hydrogen-bond acceptors (Lipinski definition) is 4. The van der Waals surface area contributed by atoms with Crippen molar-refractivity contribution in [3.8, 4) is 0 Å². The van der Waals surface area contributed by atoms with Crippen LogP contribution in [0, 0.1) is 13.8 Å². The van der Waals surface area contributed by atoms with Gasteiger partial charge >= 0.3 is 5.97 Å². The fourth-order valence-corrected chi connectivity index (χ4v) is 2.63. The van der Waals surface area contributed by atoms with Gasteiger partial charge in [-0.05, 0) is 38.5 Å². The molecule has 0 aliphatic rings. The predicted octanol–water partition coefficient (Wildman–Crippen LogP) is 3.38. The van der Waals surface area contributed by atoms with Crippen molar-refractivity contribution in [3.05, 3.63) is 51.8 Å². The molecule has 6 nitrogen and oxygen atoms in total. The fourth-order valence-electron chi connectivity index (χ4n) is 2.21. The average molecular weight is 406 g/mol. The van der Waals surface area contributed by atoms with E-state index in [4.69, 9.17) is 4.74 Å². The van der Waals surface area contributed by atoms with Crippen LogP contribution in [-0.2, 0) is 21.4 Å². The van der Waals surface area contributed by atoms with E-state index in [2.05, 4.69) is 26.3 Å².